The van der Waals surface area contributed by atoms with Crippen LogP contribution in [0.15, 0.2) is 51.4 Å². The van der Waals surface area contributed by atoms with E-state index in [1.807, 2.05) is 19.9 Å². The zero-order valence-corrected chi connectivity index (χ0v) is 37.8. The van der Waals surface area contributed by atoms with Crippen molar-refractivity contribution in [3.63, 3.8) is 0 Å². The molecule has 5 nitrogen and oxygen atoms in total. The number of nitrogens with zero attached hydrogens (tertiary/aromatic N) is 3. The minimum absolute atomic E-state index is 0.0803. The standard InChI is InChI=1S/C17H22FNS.C16H18FNO2S.C15H18FNS/c1-12-3-5-14(6-4-12)7-8-15-9-13(2)17(19-11-20)16(18)10-15;1-10-3-5-12(6-4-10)16(19)20-13-7-11(2)15(18-9-21)14(17)8-13;1-10-3-5-12(6-4-10)13-7-11(2)15(17-9-18)14(16)8-13/h9-10,12,14H,3-8H2,1-2H3;7-8,10,12H,3-6H2,1-2H3;7-8,10,12H,3-6H2,1-2H3. The van der Waals surface area contributed by atoms with Gasteiger partial charge in [0.25, 0.3) is 0 Å². The molecular formula is C48H58F3N3O2S3. The maximum absolute atomic E-state index is 13.9. The first-order valence-electron chi connectivity index (χ1n) is 21.1. The summed E-state index contributed by atoms with van der Waals surface area (Å²) in [6.45, 7) is 12.3. The van der Waals surface area contributed by atoms with Crippen molar-refractivity contribution < 1.29 is 22.7 Å². The number of thiocarbonyl (C=S) groups is 3. The fraction of sp³-hybridized carbons (Fsp3) is 0.542. The van der Waals surface area contributed by atoms with Gasteiger partial charge in [-0.25, -0.2) is 13.2 Å². The zero-order valence-electron chi connectivity index (χ0n) is 35.3. The van der Waals surface area contributed by atoms with Gasteiger partial charge in [-0.3, -0.25) is 4.79 Å². The van der Waals surface area contributed by atoms with Crippen molar-refractivity contribution in [3.8, 4) is 5.75 Å². The second-order valence-corrected chi connectivity index (χ2v) is 17.6. The second kappa shape index (κ2) is 23.9. The number of halogens is 3. The highest BCUT2D eigenvalue weighted by molar-refractivity contribution is 7.78. The zero-order chi connectivity index (χ0) is 43.1. The van der Waals surface area contributed by atoms with Crippen LogP contribution >= 0.6 is 36.7 Å². The molecule has 3 aromatic carbocycles. The van der Waals surface area contributed by atoms with E-state index in [0.717, 1.165) is 85.0 Å². The van der Waals surface area contributed by atoms with E-state index in [1.54, 1.807) is 25.1 Å². The summed E-state index contributed by atoms with van der Waals surface area (Å²) in [6, 6.07) is 10.1. The molecule has 0 heterocycles. The molecule has 0 amide bonds. The minimum Gasteiger partial charge on any atom is -0.426 e. The number of benzene rings is 3. The number of hydrogen-bond donors (Lipinski definition) is 0. The first-order valence-corrected chi connectivity index (χ1v) is 22.3. The Morgan fingerprint density at radius 1 is 0.610 bits per heavy atom. The molecule has 3 aliphatic carbocycles. The Labute approximate surface area is 365 Å². The molecular weight excluding hydrogens is 804 g/mol. The van der Waals surface area contributed by atoms with Crippen LogP contribution in [0.5, 0.6) is 5.75 Å². The van der Waals surface area contributed by atoms with Gasteiger partial charge in [0.1, 0.15) is 34.4 Å². The van der Waals surface area contributed by atoms with Gasteiger partial charge in [-0.2, -0.15) is 15.0 Å². The Balaban J connectivity index is 0.000000196. The fourth-order valence-electron chi connectivity index (χ4n) is 8.55. The molecule has 3 fully saturated rings. The van der Waals surface area contributed by atoms with Crippen molar-refractivity contribution in [2.75, 3.05) is 0 Å². The van der Waals surface area contributed by atoms with E-state index in [1.165, 1.54) is 51.0 Å². The summed E-state index contributed by atoms with van der Waals surface area (Å²) in [7, 11) is 0. The van der Waals surface area contributed by atoms with Crippen molar-refractivity contribution in [3.05, 3.63) is 81.7 Å². The Kier molecular flexibility index (Phi) is 19.5. The van der Waals surface area contributed by atoms with Crippen molar-refractivity contribution >= 4 is 75.2 Å². The molecule has 316 valence electrons. The van der Waals surface area contributed by atoms with Crippen LogP contribution in [0.25, 0.3) is 0 Å². The largest absolute Gasteiger partial charge is 0.426 e. The van der Waals surface area contributed by atoms with Crippen LogP contribution < -0.4 is 4.74 Å². The minimum atomic E-state index is -0.563. The molecule has 3 aliphatic rings. The molecule has 0 N–H and O–H groups in total. The van der Waals surface area contributed by atoms with E-state index in [4.69, 9.17) is 4.74 Å². The molecule has 3 saturated carbocycles. The maximum atomic E-state index is 13.9. The third kappa shape index (κ3) is 14.8. The van der Waals surface area contributed by atoms with Crippen LogP contribution in [-0.2, 0) is 11.2 Å². The Morgan fingerprint density at radius 2 is 1.05 bits per heavy atom. The van der Waals surface area contributed by atoms with Gasteiger partial charge in [-0.05, 0) is 184 Å². The highest BCUT2D eigenvalue weighted by Gasteiger charge is 2.27. The van der Waals surface area contributed by atoms with E-state index in [2.05, 4.69) is 94.0 Å². The molecule has 0 atom stereocenters. The Morgan fingerprint density at radius 3 is 1.53 bits per heavy atom. The lowest BCUT2D eigenvalue weighted by Gasteiger charge is -2.26. The van der Waals surface area contributed by atoms with Gasteiger partial charge in [-0.1, -0.05) is 71.4 Å². The maximum Gasteiger partial charge on any atom is 0.314 e. The average Bonchev–Trinajstić information content (AvgIpc) is 3.20. The highest BCUT2D eigenvalue weighted by Crippen LogP contribution is 2.38. The van der Waals surface area contributed by atoms with E-state index in [0.29, 0.717) is 28.8 Å². The Hall–Kier alpha value is -3.68. The molecule has 0 bridgehead atoms. The lowest BCUT2D eigenvalue weighted by Crippen LogP contribution is -2.25. The Bertz CT molecular complexity index is 1980. The number of hydrogen-bond acceptors (Lipinski definition) is 8. The smallest absolute Gasteiger partial charge is 0.314 e. The number of rotatable bonds is 9. The van der Waals surface area contributed by atoms with Crippen LogP contribution in [0.2, 0.25) is 0 Å². The van der Waals surface area contributed by atoms with Crippen molar-refractivity contribution in [2.24, 2.45) is 44.6 Å². The van der Waals surface area contributed by atoms with Crippen LogP contribution in [-0.4, -0.2) is 21.5 Å². The molecule has 0 aromatic heterocycles. The van der Waals surface area contributed by atoms with E-state index < -0.39 is 5.82 Å². The number of esters is 1. The summed E-state index contributed by atoms with van der Waals surface area (Å²) in [5.74, 6) is 2.42. The molecule has 0 radical (unpaired) electrons. The van der Waals surface area contributed by atoms with Gasteiger partial charge in [-0.15, -0.1) is 0 Å². The normalized spacial score (nSPS) is 22.4. The molecule has 59 heavy (non-hydrogen) atoms. The number of aryl methyl sites for hydroxylation is 4. The van der Waals surface area contributed by atoms with E-state index >= 15 is 0 Å². The second-order valence-electron chi connectivity index (χ2n) is 17.1. The monoisotopic (exact) mass is 861 g/mol. The van der Waals surface area contributed by atoms with Crippen LogP contribution in [0.1, 0.15) is 138 Å². The highest BCUT2D eigenvalue weighted by atomic mass is 32.1. The summed E-state index contributed by atoms with van der Waals surface area (Å²) in [4.78, 5) is 23.4. The molecule has 0 aliphatic heterocycles. The lowest BCUT2D eigenvalue weighted by molar-refractivity contribution is -0.140. The first kappa shape index (κ1) is 48.0. The predicted octanol–water partition coefficient (Wildman–Crippen LogP) is 15.4. The molecule has 0 saturated heterocycles. The van der Waals surface area contributed by atoms with E-state index in [-0.39, 0.29) is 35.0 Å². The van der Waals surface area contributed by atoms with Gasteiger partial charge < -0.3 is 4.74 Å². The van der Waals surface area contributed by atoms with E-state index in [9.17, 15) is 18.0 Å². The molecule has 0 spiro atoms. The number of carbonyl (C=O) groups excluding carboxylic acids is 1. The summed E-state index contributed by atoms with van der Waals surface area (Å²) in [6.07, 6.45) is 16.0. The van der Waals surface area contributed by atoms with Crippen molar-refractivity contribution in [1.82, 2.24) is 0 Å². The topological polar surface area (TPSA) is 63.4 Å². The predicted molar refractivity (Wildman–Crippen MR) is 244 cm³/mol. The van der Waals surface area contributed by atoms with Gasteiger partial charge in [0.2, 0.25) is 0 Å². The van der Waals surface area contributed by atoms with Gasteiger partial charge >= 0.3 is 5.97 Å². The van der Waals surface area contributed by atoms with Gasteiger partial charge in [0.15, 0.2) is 5.82 Å². The quantitative estimate of drug-likeness (QED) is 0.0928. The third-order valence-corrected chi connectivity index (χ3v) is 12.6. The number of carbonyl (C=O) groups is 1. The molecule has 3 aromatic rings. The van der Waals surface area contributed by atoms with Crippen LogP contribution in [0.4, 0.5) is 30.2 Å². The summed E-state index contributed by atoms with van der Waals surface area (Å²) in [5.41, 5.74) is 5.23. The van der Waals surface area contributed by atoms with Crippen molar-refractivity contribution in [1.29, 1.82) is 0 Å². The first-order chi connectivity index (χ1) is 28.2. The molecule has 11 heteroatoms. The summed E-state index contributed by atoms with van der Waals surface area (Å²) in [5, 5.41) is 6.62. The van der Waals surface area contributed by atoms with Crippen LogP contribution in [0.3, 0.4) is 0 Å². The van der Waals surface area contributed by atoms with Gasteiger partial charge in [0.05, 0.1) is 21.4 Å². The molecule has 6 rings (SSSR count). The summed E-state index contributed by atoms with van der Waals surface area (Å²) < 4.78 is 47.1. The number of ether oxygens (including phenoxy) is 1. The SMILES string of the molecule is Cc1cc(C2CCC(C)CC2)cc(F)c1N=C=S.Cc1cc(CCC2CCC(C)CC2)cc(F)c1N=C=S.Cc1cc(OC(=O)C2CCC(C)CC2)cc(F)c1N=C=S. The third-order valence-electron chi connectivity index (χ3n) is 12.3. The fourth-order valence-corrected chi connectivity index (χ4v) is 8.83. The lowest BCUT2D eigenvalue weighted by atomic mass is 9.79. The van der Waals surface area contributed by atoms with Gasteiger partial charge in [0, 0.05) is 6.07 Å². The van der Waals surface area contributed by atoms with Crippen LogP contribution in [0, 0.1) is 67.8 Å². The summed E-state index contributed by atoms with van der Waals surface area (Å²) >= 11 is 13.6. The molecule has 0 unspecified atom stereocenters. The number of isothiocyanates is 3. The number of aliphatic imine (C=N–C) groups is 3. The average molecular weight is 862 g/mol. The van der Waals surface area contributed by atoms with Crippen molar-refractivity contribution in [2.45, 2.75) is 137 Å².